The quantitative estimate of drug-likeness (QED) is 0.555. The first-order valence-corrected chi connectivity index (χ1v) is 7.60. The third-order valence-electron chi connectivity index (χ3n) is 3.51. The lowest BCUT2D eigenvalue weighted by Gasteiger charge is -2.09. The van der Waals surface area contributed by atoms with Crippen LogP contribution >= 0.6 is 0 Å². The molecule has 3 rings (SSSR count). The third-order valence-corrected chi connectivity index (χ3v) is 3.51. The SMILES string of the molecule is CCNc1nccc(-c2ccc(N)c(C(=O)c3cccnc3)c2)n1. The first-order valence-electron chi connectivity index (χ1n) is 7.60. The van der Waals surface area contributed by atoms with E-state index in [9.17, 15) is 4.79 Å². The van der Waals surface area contributed by atoms with Crippen molar-refractivity contribution < 1.29 is 4.79 Å². The molecule has 120 valence electrons. The summed E-state index contributed by atoms with van der Waals surface area (Å²) in [7, 11) is 0. The van der Waals surface area contributed by atoms with Crippen LogP contribution in [-0.4, -0.2) is 27.3 Å². The van der Waals surface area contributed by atoms with Crippen LogP contribution in [0.25, 0.3) is 11.3 Å². The normalized spacial score (nSPS) is 10.4. The van der Waals surface area contributed by atoms with Crippen molar-refractivity contribution >= 4 is 17.4 Å². The number of nitrogen functional groups attached to an aromatic ring is 1. The molecule has 3 N–H and O–H groups in total. The Morgan fingerprint density at radius 2 is 2.08 bits per heavy atom. The number of carbonyl (C=O) groups excluding carboxylic acids is 1. The molecule has 0 unspecified atom stereocenters. The number of nitrogens with two attached hydrogens (primary N) is 1. The number of anilines is 2. The van der Waals surface area contributed by atoms with Crippen molar-refractivity contribution in [2.24, 2.45) is 0 Å². The zero-order valence-corrected chi connectivity index (χ0v) is 13.2. The molecule has 2 heterocycles. The second-order valence-electron chi connectivity index (χ2n) is 5.17. The molecule has 0 saturated carbocycles. The van der Waals surface area contributed by atoms with Crippen molar-refractivity contribution in [2.75, 3.05) is 17.6 Å². The van der Waals surface area contributed by atoms with Gasteiger partial charge in [-0.15, -0.1) is 0 Å². The lowest BCUT2D eigenvalue weighted by molar-refractivity contribution is 0.103. The Balaban J connectivity index is 2.00. The van der Waals surface area contributed by atoms with Crippen molar-refractivity contribution in [2.45, 2.75) is 6.92 Å². The second-order valence-corrected chi connectivity index (χ2v) is 5.17. The fraction of sp³-hybridized carbons (Fsp3) is 0.111. The number of nitrogens with zero attached hydrogens (tertiary/aromatic N) is 3. The lowest BCUT2D eigenvalue weighted by Crippen LogP contribution is -2.06. The molecule has 0 radical (unpaired) electrons. The van der Waals surface area contributed by atoms with E-state index in [-0.39, 0.29) is 5.78 Å². The number of rotatable bonds is 5. The zero-order chi connectivity index (χ0) is 16.9. The number of aromatic nitrogens is 3. The number of hydrogen-bond acceptors (Lipinski definition) is 6. The number of ketones is 1. The highest BCUT2D eigenvalue weighted by molar-refractivity contribution is 6.12. The monoisotopic (exact) mass is 319 g/mol. The van der Waals surface area contributed by atoms with E-state index >= 15 is 0 Å². The fourth-order valence-electron chi connectivity index (χ4n) is 2.33. The van der Waals surface area contributed by atoms with E-state index in [1.165, 1.54) is 6.20 Å². The van der Waals surface area contributed by atoms with Gasteiger partial charge in [0.1, 0.15) is 0 Å². The Kier molecular flexibility index (Phi) is 4.47. The van der Waals surface area contributed by atoms with Crippen LogP contribution in [0.1, 0.15) is 22.8 Å². The molecular formula is C18H17N5O. The van der Waals surface area contributed by atoms with Crippen LogP contribution in [0.2, 0.25) is 0 Å². The van der Waals surface area contributed by atoms with Crippen LogP contribution in [-0.2, 0) is 0 Å². The Morgan fingerprint density at radius 1 is 1.21 bits per heavy atom. The average molecular weight is 319 g/mol. The van der Waals surface area contributed by atoms with Crippen LogP contribution in [0.3, 0.4) is 0 Å². The molecule has 24 heavy (non-hydrogen) atoms. The molecule has 0 aliphatic heterocycles. The Bertz CT molecular complexity index is 864. The van der Waals surface area contributed by atoms with Crippen molar-refractivity contribution in [1.29, 1.82) is 0 Å². The molecule has 0 spiro atoms. The molecule has 0 amide bonds. The van der Waals surface area contributed by atoms with Gasteiger partial charge < -0.3 is 11.1 Å². The number of benzene rings is 1. The van der Waals surface area contributed by atoms with Gasteiger partial charge >= 0.3 is 0 Å². The zero-order valence-electron chi connectivity index (χ0n) is 13.2. The van der Waals surface area contributed by atoms with E-state index in [0.717, 1.165) is 17.8 Å². The summed E-state index contributed by atoms with van der Waals surface area (Å²) < 4.78 is 0. The first kappa shape index (κ1) is 15.6. The molecule has 0 aliphatic carbocycles. The summed E-state index contributed by atoms with van der Waals surface area (Å²) in [4.78, 5) is 25.2. The van der Waals surface area contributed by atoms with Crippen molar-refractivity contribution in [3.63, 3.8) is 0 Å². The molecule has 0 atom stereocenters. The van der Waals surface area contributed by atoms with Gasteiger partial charge in [0.25, 0.3) is 0 Å². The standard InChI is InChI=1S/C18H17N5O/c1-2-21-18-22-9-7-16(23-18)12-5-6-15(19)14(10-12)17(24)13-4-3-8-20-11-13/h3-11H,2,19H2,1H3,(H,21,22,23). The molecule has 1 aromatic carbocycles. The molecule has 0 fully saturated rings. The van der Waals surface area contributed by atoms with Crippen LogP contribution in [0, 0.1) is 0 Å². The molecule has 0 aliphatic rings. The van der Waals surface area contributed by atoms with Gasteiger partial charge in [-0.2, -0.15) is 0 Å². The van der Waals surface area contributed by atoms with Gasteiger partial charge in [-0.05, 0) is 37.3 Å². The lowest BCUT2D eigenvalue weighted by atomic mass is 9.99. The van der Waals surface area contributed by atoms with Crippen LogP contribution in [0.4, 0.5) is 11.6 Å². The summed E-state index contributed by atoms with van der Waals surface area (Å²) in [5, 5.41) is 3.07. The van der Waals surface area contributed by atoms with Gasteiger partial charge in [0.05, 0.1) is 5.69 Å². The van der Waals surface area contributed by atoms with Gasteiger partial charge in [-0.3, -0.25) is 9.78 Å². The second kappa shape index (κ2) is 6.87. The first-order chi connectivity index (χ1) is 11.7. The maximum absolute atomic E-state index is 12.7. The summed E-state index contributed by atoms with van der Waals surface area (Å²) >= 11 is 0. The van der Waals surface area contributed by atoms with Crippen molar-refractivity contribution in [1.82, 2.24) is 15.0 Å². The molecule has 0 saturated heterocycles. The number of nitrogens with one attached hydrogen (secondary N) is 1. The van der Waals surface area contributed by atoms with E-state index in [1.807, 2.05) is 13.0 Å². The largest absolute Gasteiger partial charge is 0.398 e. The number of carbonyl (C=O) groups is 1. The number of pyridine rings is 1. The Hall–Kier alpha value is -3.28. The molecule has 6 nitrogen and oxygen atoms in total. The van der Waals surface area contributed by atoms with Crippen molar-refractivity contribution in [3.8, 4) is 11.3 Å². The predicted octanol–water partition coefficient (Wildman–Crippen LogP) is 2.78. The molecule has 3 aromatic rings. The van der Waals surface area contributed by atoms with E-state index in [1.54, 1.807) is 42.7 Å². The van der Waals surface area contributed by atoms with Crippen molar-refractivity contribution in [3.05, 3.63) is 66.1 Å². The molecule has 6 heteroatoms. The highest BCUT2D eigenvalue weighted by atomic mass is 16.1. The summed E-state index contributed by atoms with van der Waals surface area (Å²) in [6, 6.07) is 10.5. The minimum absolute atomic E-state index is 0.164. The summed E-state index contributed by atoms with van der Waals surface area (Å²) in [5.74, 6) is 0.385. The minimum Gasteiger partial charge on any atom is -0.398 e. The number of hydrogen-bond donors (Lipinski definition) is 2. The van der Waals surface area contributed by atoms with Crippen LogP contribution < -0.4 is 11.1 Å². The molecule has 0 bridgehead atoms. The van der Waals surface area contributed by atoms with Gasteiger partial charge in [-0.25, -0.2) is 9.97 Å². The van der Waals surface area contributed by atoms with Crippen LogP contribution in [0.5, 0.6) is 0 Å². The molecule has 2 aromatic heterocycles. The fourth-order valence-corrected chi connectivity index (χ4v) is 2.33. The van der Waals surface area contributed by atoms with Gasteiger partial charge in [0.15, 0.2) is 5.78 Å². The topological polar surface area (TPSA) is 93.8 Å². The smallest absolute Gasteiger partial charge is 0.223 e. The Labute approximate surface area is 139 Å². The van der Waals surface area contributed by atoms with Gasteiger partial charge in [0, 0.05) is 47.5 Å². The summed E-state index contributed by atoms with van der Waals surface area (Å²) in [6.07, 6.45) is 4.83. The Morgan fingerprint density at radius 3 is 2.83 bits per heavy atom. The maximum atomic E-state index is 12.7. The summed E-state index contributed by atoms with van der Waals surface area (Å²) in [6.45, 7) is 2.71. The highest BCUT2D eigenvalue weighted by Crippen LogP contribution is 2.24. The average Bonchev–Trinajstić information content (AvgIpc) is 2.63. The van der Waals surface area contributed by atoms with Gasteiger partial charge in [0.2, 0.25) is 5.95 Å². The molecular weight excluding hydrogens is 302 g/mol. The maximum Gasteiger partial charge on any atom is 0.223 e. The third kappa shape index (κ3) is 3.22. The van der Waals surface area contributed by atoms with E-state index in [4.69, 9.17) is 5.73 Å². The van der Waals surface area contributed by atoms with E-state index < -0.39 is 0 Å². The summed E-state index contributed by atoms with van der Waals surface area (Å²) in [5.41, 5.74) is 8.88. The van der Waals surface area contributed by atoms with Gasteiger partial charge in [-0.1, -0.05) is 6.07 Å². The van der Waals surface area contributed by atoms with E-state index in [2.05, 4.69) is 20.3 Å². The predicted molar refractivity (Wildman–Crippen MR) is 93.7 cm³/mol. The minimum atomic E-state index is -0.164. The van der Waals surface area contributed by atoms with E-state index in [0.29, 0.717) is 22.8 Å². The highest BCUT2D eigenvalue weighted by Gasteiger charge is 2.14. The van der Waals surface area contributed by atoms with Crippen LogP contribution in [0.15, 0.2) is 55.0 Å².